The minimum Gasteiger partial charge on any atom is -0.438 e. The van der Waals surface area contributed by atoms with E-state index in [1.165, 1.54) is 0 Å². The third-order valence-corrected chi connectivity index (χ3v) is 6.00. The topological polar surface area (TPSA) is 44.8 Å². The molecule has 3 fully saturated rings. The molecule has 5 unspecified atom stereocenters. The fourth-order valence-corrected chi connectivity index (χ4v) is 4.93. The van der Waals surface area contributed by atoms with Gasteiger partial charge < -0.3 is 14.2 Å². The van der Waals surface area contributed by atoms with Crippen molar-refractivity contribution in [3.05, 3.63) is 0 Å². The molecule has 2 saturated carbocycles. The lowest BCUT2D eigenvalue weighted by Gasteiger charge is -2.40. The summed E-state index contributed by atoms with van der Waals surface area (Å²) in [6.45, 7) is 0.881. The molecular formula is C15H18F6O4. The first-order chi connectivity index (χ1) is 11.5. The molecule has 1 heterocycles. The average Bonchev–Trinajstić information content (AvgIpc) is 3.16. The van der Waals surface area contributed by atoms with Crippen molar-refractivity contribution in [2.75, 3.05) is 20.3 Å². The van der Waals surface area contributed by atoms with Crippen molar-refractivity contribution in [1.82, 2.24) is 0 Å². The summed E-state index contributed by atoms with van der Waals surface area (Å²) in [7, 11) is 0.665. The van der Waals surface area contributed by atoms with Gasteiger partial charge in [0, 0.05) is 6.42 Å². The second kappa shape index (κ2) is 5.92. The smallest absolute Gasteiger partial charge is 0.438 e. The van der Waals surface area contributed by atoms with Crippen LogP contribution < -0.4 is 0 Å². The van der Waals surface area contributed by atoms with Crippen molar-refractivity contribution in [2.45, 2.75) is 37.2 Å². The number of fused-ring (bicyclic) bond motifs is 5. The van der Waals surface area contributed by atoms with Crippen molar-refractivity contribution in [1.29, 1.82) is 0 Å². The molecule has 1 aliphatic heterocycles. The van der Waals surface area contributed by atoms with Gasteiger partial charge in [0.15, 0.2) is 0 Å². The summed E-state index contributed by atoms with van der Waals surface area (Å²) >= 11 is 0. The van der Waals surface area contributed by atoms with E-state index in [9.17, 15) is 31.1 Å². The van der Waals surface area contributed by atoms with Gasteiger partial charge in [0.05, 0.1) is 20.3 Å². The quantitative estimate of drug-likeness (QED) is 0.553. The molecule has 0 N–H and O–H groups in total. The summed E-state index contributed by atoms with van der Waals surface area (Å²) in [6.07, 6.45) is -14.1. The van der Waals surface area contributed by atoms with Crippen molar-refractivity contribution in [2.24, 2.45) is 29.6 Å². The van der Waals surface area contributed by atoms with Gasteiger partial charge in [-0.2, -0.15) is 26.3 Å². The van der Waals surface area contributed by atoms with Gasteiger partial charge in [-0.05, 0) is 42.4 Å². The zero-order chi connectivity index (χ0) is 18.6. The Morgan fingerprint density at radius 1 is 1.00 bits per heavy atom. The van der Waals surface area contributed by atoms with E-state index in [0.29, 0.717) is 26.7 Å². The molecule has 0 aromatic rings. The average molecular weight is 376 g/mol. The molecule has 1 saturated heterocycles. The Hall–Kier alpha value is -1.19. The third kappa shape index (κ3) is 2.86. The minimum absolute atomic E-state index is 0.0129. The first-order valence-electron chi connectivity index (χ1n) is 7.98. The number of carbonyl (C=O) groups is 1. The highest BCUT2D eigenvalue weighted by molar-refractivity contribution is 5.60. The summed E-state index contributed by atoms with van der Waals surface area (Å²) in [5, 5.41) is 0. The molecule has 0 aromatic heterocycles. The van der Waals surface area contributed by atoms with Crippen LogP contribution in [0.3, 0.4) is 0 Å². The van der Waals surface area contributed by atoms with Crippen LogP contribution in [0, 0.1) is 29.6 Å². The number of hydrogen-bond donors (Lipinski definition) is 0. The highest BCUT2D eigenvalue weighted by atomic mass is 19.4. The van der Waals surface area contributed by atoms with E-state index in [1.54, 1.807) is 0 Å². The van der Waals surface area contributed by atoms with Crippen LogP contribution in [0.2, 0.25) is 0 Å². The fourth-order valence-electron chi connectivity index (χ4n) is 4.93. The Labute approximate surface area is 139 Å². The Kier molecular flexibility index (Phi) is 4.40. The largest absolute Gasteiger partial charge is 0.509 e. The van der Waals surface area contributed by atoms with Crippen LogP contribution in [0.15, 0.2) is 0 Å². The molecule has 0 amide bonds. The lowest BCUT2D eigenvalue weighted by atomic mass is 9.71. The van der Waals surface area contributed by atoms with Crippen molar-refractivity contribution >= 4 is 6.16 Å². The van der Waals surface area contributed by atoms with Crippen LogP contribution in [-0.4, -0.2) is 44.4 Å². The van der Waals surface area contributed by atoms with E-state index >= 15 is 0 Å². The minimum atomic E-state index is -5.80. The maximum Gasteiger partial charge on any atom is 0.509 e. The molecule has 0 radical (unpaired) electrons. The van der Waals surface area contributed by atoms with Crippen molar-refractivity contribution < 1.29 is 45.3 Å². The van der Waals surface area contributed by atoms with Crippen LogP contribution in [0.1, 0.15) is 19.3 Å². The molecule has 144 valence electrons. The fraction of sp³-hybridized carbons (Fsp3) is 0.933. The summed E-state index contributed by atoms with van der Waals surface area (Å²) in [5.74, 6) is -0.835. The zero-order valence-electron chi connectivity index (χ0n) is 13.3. The van der Waals surface area contributed by atoms with E-state index in [4.69, 9.17) is 4.74 Å². The van der Waals surface area contributed by atoms with E-state index < -0.39 is 36.4 Å². The Morgan fingerprint density at radius 3 is 2.16 bits per heavy atom. The summed E-state index contributed by atoms with van der Waals surface area (Å²) < 4.78 is 93.8. The first-order valence-corrected chi connectivity index (χ1v) is 7.98. The van der Waals surface area contributed by atoms with Crippen LogP contribution in [0.25, 0.3) is 0 Å². The van der Waals surface area contributed by atoms with Gasteiger partial charge in [0.2, 0.25) is 0 Å². The Balaban J connectivity index is 1.89. The first kappa shape index (κ1) is 18.6. The molecule has 0 spiro atoms. The van der Waals surface area contributed by atoms with Gasteiger partial charge in [-0.15, -0.1) is 0 Å². The molecule has 4 nitrogen and oxygen atoms in total. The number of halogens is 6. The van der Waals surface area contributed by atoms with E-state index in [2.05, 4.69) is 9.47 Å². The van der Waals surface area contributed by atoms with Gasteiger partial charge in [-0.1, -0.05) is 0 Å². The number of ether oxygens (including phenoxy) is 3. The van der Waals surface area contributed by atoms with Crippen LogP contribution >= 0.6 is 0 Å². The molecule has 5 atom stereocenters. The zero-order valence-corrected chi connectivity index (χ0v) is 13.3. The van der Waals surface area contributed by atoms with Gasteiger partial charge in [-0.3, -0.25) is 0 Å². The van der Waals surface area contributed by atoms with Gasteiger partial charge in [0.1, 0.15) is 0 Å². The van der Waals surface area contributed by atoms with Crippen LogP contribution in [-0.2, 0) is 14.2 Å². The monoisotopic (exact) mass is 376 g/mol. The normalized spacial score (nSPS) is 34.9. The Bertz CT molecular complexity index is 517. The highest BCUT2D eigenvalue weighted by Gasteiger charge is 2.75. The molecule has 3 aliphatic rings. The summed E-state index contributed by atoms with van der Waals surface area (Å²) in [5.41, 5.74) is -4.56. The van der Waals surface area contributed by atoms with Gasteiger partial charge in [0.25, 0.3) is 0 Å². The maximum absolute atomic E-state index is 13.5. The van der Waals surface area contributed by atoms with E-state index in [1.807, 2.05) is 0 Å². The standard InChI is InChI=1S/C15H18F6O4/c1-23-12(22)25-13(14(16,17)18,15(19,20)21)4-8-2-7-3-9(8)11-6-24-5-10(7)11/h7-11H,2-6H2,1H3. The molecule has 25 heavy (non-hydrogen) atoms. The second-order valence-corrected chi connectivity index (χ2v) is 7.10. The SMILES string of the molecule is COC(=O)OC(CC1CC2CC1C1COCC21)(C(F)(F)F)C(F)(F)F. The molecule has 3 rings (SSSR count). The highest BCUT2D eigenvalue weighted by Crippen LogP contribution is 2.61. The number of rotatable bonds is 3. The number of carbonyl (C=O) groups excluding carboxylic acids is 1. The summed E-state index contributed by atoms with van der Waals surface area (Å²) in [4.78, 5) is 11.2. The van der Waals surface area contributed by atoms with Gasteiger partial charge in [-0.25, -0.2) is 4.79 Å². The third-order valence-electron chi connectivity index (χ3n) is 6.00. The lowest BCUT2D eigenvalue weighted by molar-refractivity contribution is -0.373. The van der Waals surface area contributed by atoms with E-state index in [-0.39, 0.29) is 30.1 Å². The molecular weight excluding hydrogens is 358 g/mol. The van der Waals surface area contributed by atoms with E-state index in [0.717, 1.165) is 0 Å². The maximum atomic E-state index is 13.5. The number of hydrogen-bond acceptors (Lipinski definition) is 4. The molecule has 0 aromatic carbocycles. The predicted octanol–water partition coefficient (Wildman–Crippen LogP) is 3.94. The molecule has 10 heteroatoms. The predicted molar refractivity (Wildman–Crippen MR) is 70.5 cm³/mol. The van der Waals surface area contributed by atoms with Gasteiger partial charge >= 0.3 is 24.1 Å². The summed E-state index contributed by atoms with van der Waals surface area (Å²) in [6, 6.07) is 0. The van der Waals surface area contributed by atoms with Crippen LogP contribution in [0.4, 0.5) is 31.1 Å². The Morgan fingerprint density at radius 2 is 1.60 bits per heavy atom. The molecule has 2 aliphatic carbocycles. The number of alkyl halides is 6. The number of methoxy groups -OCH3 is 1. The van der Waals surface area contributed by atoms with Crippen molar-refractivity contribution in [3.8, 4) is 0 Å². The van der Waals surface area contributed by atoms with Crippen molar-refractivity contribution in [3.63, 3.8) is 0 Å². The van der Waals surface area contributed by atoms with Crippen LogP contribution in [0.5, 0.6) is 0 Å². The molecule has 2 bridgehead atoms. The lowest BCUT2D eigenvalue weighted by Crippen LogP contribution is -2.61. The second-order valence-electron chi connectivity index (χ2n) is 7.10.